The number of aliphatic hydroxyl groups excluding tert-OH is 1. The molecule has 0 bridgehead atoms. The van der Waals surface area contributed by atoms with Crippen LogP contribution in [0.5, 0.6) is 5.75 Å². The molecule has 0 aliphatic heterocycles. The van der Waals surface area contributed by atoms with E-state index in [2.05, 4.69) is 46.0 Å². The molecule has 3 nitrogen and oxygen atoms in total. The number of ether oxygens (including phenoxy) is 1. The van der Waals surface area contributed by atoms with Crippen molar-refractivity contribution in [2.45, 2.75) is 52.2 Å². The fourth-order valence-electron chi connectivity index (χ4n) is 1.90. The van der Waals surface area contributed by atoms with E-state index in [0.717, 1.165) is 5.75 Å². The van der Waals surface area contributed by atoms with Gasteiger partial charge in [0.05, 0.1) is 6.04 Å². The van der Waals surface area contributed by atoms with E-state index in [-0.39, 0.29) is 5.41 Å². The van der Waals surface area contributed by atoms with Gasteiger partial charge >= 0.3 is 0 Å². The van der Waals surface area contributed by atoms with Crippen molar-refractivity contribution < 1.29 is 15.2 Å². The summed E-state index contributed by atoms with van der Waals surface area (Å²) in [6, 6.07) is 8.55. The minimum Gasteiger partial charge on any atom is -0.490 e. The molecule has 1 atom stereocenters. The highest BCUT2D eigenvalue weighted by Gasteiger charge is 2.19. The first kappa shape index (κ1) is 16.0. The molecule has 1 aromatic carbocycles. The molecule has 0 aliphatic carbocycles. The average molecular weight is 266 g/mol. The number of quaternary nitrogens is 1. The second-order valence-corrected chi connectivity index (χ2v) is 6.43. The maximum atomic E-state index is 9.90. The Hall–Kier alpha value is -1.06. The molecule has 0 saturated heterocycles. The summed E-state index contributed by atoms with van der Waals surface area (Å²) in [4.78, 5) is 0. The first-order valence-electron chi connectivity index (χ1n) is 7.04. The van der Waals surface area contributed by atoms with Gasteiger partial charge in [-0.1, -0.05) is 39.0 Å². The molecule has 0 amide bonds. The van der Waals surface area contributed by atoms with E-state index in [9.17, 15) is 5.11 Å². The van der Waals surface area contributed by atoms with Gasteiger partial charge in [-0.2, -0.15) is 0 Å². The molecular weight excluding hydrogens is 238 g/mol. The quantitative estimate of drug-likeness (QED) is 0.823. The van der Waals surface area contributed by atoms with Crippen LogP contribution in [0.4, 0.5) is 0 Å². The molecule has 3 heteroatoms. The summed E-state index contributed by atoms with van der Waals surface area (Å²) in [5, 5.41) is 12.0. The highest BCUT2D eigenvalue weighted by Crippen LogP contribution is 2.30. The van der Waals surface area contributed by atoms with Crippen LogP contribution in [0.1, 0.15) is 40.2 Å². The van der Waals surface area contributed by atoms with Crippen LogP contribution in [0, 0.1) is 0 Å². The Bertz CT molecular complexity index is 383. The Morgan fingerprint density at radius 1 is 1.21 bits per heavy atom. The van der Waals surface area contributed by atoms with E-state index < -0.39 is 6.10 Å². The molecule has 3 N–H and O–H groups in total. The van der Waals surface area contributed by atoms with Gasteiger partial charge in [0.25, 0.3) is 0 Å². The molecule has 0 aliphatic rings. The summed E-state index contributed by atoms with van der Waals surface area (Å²) in [7, 11) is 0. The Kier molecular flexibility index (Phi) is 5.83. The monoisotopic (exact) mass is 266 g/mol. The maximum Gasteiger partial charge on any atom is 0.137 e. The van der Waals surface area contributed by atoms with Crippen LogP contribution in [0.2, 0.25) is 0 Å². The van der Waals surface area contributed by atoms with Gasteiger partial charge in [0, 0.05) is 0 Å². The summed E-state index contributed by atoms with van der Waals surface area (Å²) in [6.45, 7) is 11.7. The summed E-state index contributed by atoms with van der Waals surface area (Å²) >= 11 is 0. The van der Waals surface area contributed by atoms with Gasteiger partial charge in [0.15, 0.2) is 0 Å². The second kappa shape index (κ2) is 6.92. The van der Waals surface area contributed by atoms with Crippen LogP contribution < -0.4 is 10.1 Å². The van der Waals surface area contributed by atoms with Gasteiger partial charge in [-0.25, -0.2) is 0 Å². The lowest BCUT2D eigenvalue weighted by Crippen LogP contribution is -2.90. The third-order valence-electron chi connectivity index (χ3n) is 3.01. The second-order valence-electron chi connectivity index (χ2n) is 6.43. The van der Waals surface area contributed by atoms with Crippen molar-refractivity contribution in [2.24, 2.45) is 0 Å². The van der Waals surface area contributed by atoms with E-state index in [4.69, 9.17) is 4.74 Å². The molecule has 0 aromatic heterocycles. The highest BCUT2D eigenvalue weighted by atomic mass is 16.5. The topological polar surface area (TPSA) is 46.1 Å². The van der Waals surface area contributed by atoms with Gasteiger partial charge in [-0.05, 0) is 30.9 Å². The molecule has 19 heavy (non-hydrogen) atoms. The zero-order valence-corrected chi connectivity index (χ0v) is 12.8. The highest BCUT2D eigenvalue weighted by molar-refractivity contribution is 5.38. The molecule has 0 heterocycles. The van der Waals surface area contributed by atoms with Gasteiger partial charge in [-0.3, -0.25) is 0 Å². The van der Waals surface area contributed by atoms with Crippen molar-refractivity contribution >= 4 is 0 Å². The number of hydrogen-bond acceptors (Lipinski definition) is 2. The van der Waals surface area contributed by atoms with E-state index in [1.165, 1.54) is 5.56 Å². The summed E-state index contributed by atoms with van der Waals surface area (Å²) in [5.41, 5.74) is 1.22. The predicted octanol–water partition coefficient (Wildman–Crippen LogP) is 1.70. The number of nitrogens with two attached hydrogens (primary N) is 1. The summed E-state index contributed by atoms with van der Waals surface area (Å²) in [6.07, 6.45) is -0.435. The van der Waals surface area contributed by atoms with Crippen molar-refractivity contribution in [3.63, 3.8) is 0 Å². The molecular formula is C16H28NO2+. The Balaban J connectivity index is 2.58. The van der Waals surface area contributed by atoms with Crippen molar-refractivity contribution in [1.82, 2.24) is 0 Å². The number of rotatable bonds is 6. The first-order valence-corrected chi connectivity index (χ1v) is 7.04. The number of para-hydroxylation sites is 1. The minimum atomic E-state index is -0.435. The van der Waals surface area contributed by atoms with Gasteiger partial charge in [0.2, 0.25) is 0 Å². The molecule has 0 radical (unpaired) electrons. The Morgan fingerprint density at radius 2 is 1.84 bits per heavy atom. The SMILES string of the molecule is CC(C)[NH2+]C[C@H](O)COc1ccccc1C(C)(C)C. The maximum absolute atomic E-state index is 9.90. The minimum absolute atomic E-state index is 0.0472. The third-order valence-corrected chi connectivity index (χ3v) is 3.01. The molecule has 0 unspecified atom stereocenters. The molecule has 108 valence electrons. The van der Waals surface area contributed by atoms with Gasteiger partial charge in [-0.15, -0.1) is 0 Å². The average Bonchev–Trinajstić information content (AvgIpc) is 2.33. The summed E-state index contributed by atoms with van der Waals surface area (Å²) < 4.78 is 5.79. The largest absolute Gasteiger partial charge is 0.490 e. The van der Waals surface area contributed by atoms with Crippen molar-refractivity contribution in [2.75, 3.05) is 13.2 Å². The number of aliphatic hydroxyl groups is 1. The molecule has 0 spiro atoms. The lowest BCUT2D eigenvalue weighted by molar-refractivity contribution is -0.688. The molecule has 0 fully saturated rings. The van der Waals surface area contributed by atoms with Crippen LogP contribution in [0.15, 0.2) is 24.3 Å². The fourth-order valence-corrected chi connectivity index (χ4v) is 1.90. The standard InChI is InChI=1S/C16H27NO2/c1-12(2)17-10-13(18)11-19-15-9-7-6-8-14(15)16(3,4)5/h6-9,12-13,17-18H,10-11H2,1-5H3/p+1/t13-/m0/s1. The van der Waals surface area contributed by atoms with E-state index in [1.807, 2.05) is 18.2 Å². The van der Waals surface area contributed by atoms with E-state index in [1.54, 1.807) is 0 Å². The van der Waals surface area contributed by atoms with Crippen LogP contribution in [-0.2, 0) is 5.41 Å². The van der Waals surface area contributed by atoms with Gasteiger partial charge < -0.3 is 15.2 Å². The third kappa shape index (κ3) is 5.62. The Morgan fingerprint density at radius 3 is 2.42 bits per heavy atom. The van der Waals surface area contributed by atoms with Crippen LogP contribution >= 0.6 is 0 Å². The smallest absolute Gasteiger partial charge is 0.137 e. The van der Waals surface area contributed by atoms with Crippen LogP contribution in [0.3, 0.4) is 0 Å². The van der Waals surface area contributed by atoms with Crippen LogP contribution in [-0.4, -0.2) is 30.4 Å². The Labute approximate surface area is 117 Å². The van der Waals surface area contributed by atoms with E-state index >= 15 is 0 Å². The van der Waals surface area contributed by atoms with Gasteiger partial charge in [0.1, 0.15) is 25.0 Å². The fraction of sp³-hybridized carbons (Fsp3) is 0.625. The zero-order valence-electron chi connectivity index (χ0n) is 12.8. The molecule has 1 rings (SSSR count). The predicted molar refractivity (Wildman–Crippen MR) is 78.6 cm³/mol. The summed E-state index contributed by atoms with van der Waals surface area (Å²) in [5.74, 6) is 0.874. The van der Waals surface area contributed by atoms with Crippen molar-refractivity contribution in [3.05, 3.63) is 29.8 Å². The van der Waals surface area contributed by atoms with E-state index in [0.29, 0.717) is 19.2 Å². The number of benzene rings is 1. The molecule has 0 saturated carbocycles. The van der Waals surface area contributed by atoms with Crippen molar-refractivity contribution in [3.8, 4) is 5.75 Å². The zero-order chi connectivity index (χ0) is 14.5. The van der Waals surface area contributed by atoms with Crippen molar-refractivity contribution in [1.29, 1.82) is 0 Å². The normalized spacial score (nSPS) is 13.6. The number of hydrogen-bond donors (Lipinski definition) is 2. The molecule has 1 aromatic rings. The lowest BCUT2D eigenvalue weighted by Gasteiger charge is -2.23. The lowest BCUT2D eigenvalue weighted by atomic mass is 9.86. The van der Waals surface area contributed by atoms with Crippen LogP contribution in [0.25, 0.3) is 0 Å². The first-order chi connectivity index (χ1) is 8.80.